The number of ketones is 1. The van der Waals surface area contributed by atoms with Crippen molar-refractivity contribution in [1.82, 2.24) is 0 Å². The second kappa shape index (κ2) is 5.78. The molecular formula is C14H20N2O2. The molecular weight excluding hydrogens is 228 g/mol. The quantitative estimate of drug-likeness (QED) is 0.786. The lowest BCUT2D eigenvalue weighted by Gasteiger charge is -2.25. The highest BCUT2D eigenvalue weighted by Gasteiger charge is 2.29. The predicted molar refractivity (Wildman–Crippen MR) is 72.6 cm³/mol. The molecule has 98 valence electrons. The van der Waals surface area contributed by atoms with Crippen molar-refractivity contribution in [2.45, 2.75) is 39.2 Å². The summed E-state index contributed by atoms with van der Waals surface area (Å²) in [7, 11) is 0. The molecule has 0 unspecified atom stereocenters. The minimum atomic E-state index is -0.834. The third-order valence-electron chi connectivity index (χ3n) is 3.26. The minimum Gasteiger partial charge on any atom is -0.324 e. The number of anilines is 1. The zero-order valence-electron chi connectivity index (χ0n) is 11.1. The Morgan fingerprint density at radius 3 is 2.06 bits per heavy atom. The standard InChI is InChI=1S/C14H20N2O2/c1-4-14(15,5-2)13(18)16-12-8-6-11(7-9-12)10(3)17/h6-9H,4-5,15H2,1-3H3,(H,16,18). The highest BCUT2D eigenvalue weighted by atomic mass is 16.2. The summed E-state index contributed by atoms with van der Waals surface area (Å²) >= 11 is 0. The van der Waals surface area contributed by atoms with Crippen LogP contribution in [0.15, 0.2) is 24.3 Å². The average molecular weight is 248 g/mol. The molecule has 0 aliphatic rings. The van der Waals surface area contributed by atoms with Crippen molar-refractivity contribution in [3.05, 3.63) is 29.8 Å². The molecule has 0 radical (unpaired) electrons. The van der Waals surface area contributed by atoms with E-state index in [1.54, 1.807) is 24.3 Å². The van der Waals surface area contributed by atoms with Crippen molar-refractivity contribution in [3.63, 3.8) is 0 Å². The van der Waals surface area contributed by atoms with Crippen LogP contribution in [0.3, 0.4) is 0 Å². The molecule has 0 aromatic heterocycles. The molecule has 0 heterocycles. The highest BCUT2D eigenvalue weighted by molar-refractivity contribution is 5.99. The number of rotatable bonds is 5. The van der Waals surface area contributed by atoms with Crippen LogP contribution < -0.4 is 11.1 Å². The lowest BCUT2D eigenvalue weighted by Crippen LogP contribution is -2.50. The van der Waals surface area contributed by atoms with Gasteiger partial charge in [-0.2, -0.15) is 0 Å². The summed E-state index contributed by atoms with van der Waals surface area (Å²) in [6.45, 7) is 5.29. The number of benzene rings is 1. The fourth-order valence-electron chi connectivity index (χ4n) is 1.61. The van der Waals surface area contributed by atoms with Gasteiger partial charge in [0.25, 0.3) is 0 Å². The van der Waals surface area contributed by atoms with Crippen molar-refractivity contribution in [2.75, 3.05) is 5.32 Å². The average Bonchev–Trinajstić information content (AvgIpc) is 2.38. The predicted octanol–water partition coefficient (Wildman–Crippen LogP) is 2.35. The molecule has 0 saturated heterocycles. The van der Waals surface area contributed by atoms with E-state index >= 15 is 0 Å². The van der Waals surface area contributed by atoms with E-state index in [0.717, 1.165) is 0 Å². The number of carbonyl (C=O) groups is 2. The van der Waals surface area contributed by atoms with Crippen LogP contribution in [0.2, 0.25) is 0 Å². The number of hydrogen-bond donors (Lipinski definition) is 2. The second-order valence-corrected chi connectivity index (χ2v) is 4.45. The highest BCUT2D eigenvalue weighted by Crippen LogP contribution is 2.16. The maximum absolute atomic E-state index is 12.0. The number of carbonyl (C=O) groups excluding carboxylic acids is 2. The Hall–Kier alpha value is -1.68. The van der Waals surface area contributed by atoms with Gasteiger partial charge in [-0.1, -0.05) is 13.8 Å². The van der Waals surface area contributed by atoms with Gasteiger partial charge >= 0.3 is 0 Å². The molecule has 0 atom stereocenters. The Labute approximate surface area is 108 Å². The van der Waals surface area contributed by atoms with Crippen molar-refractivity contribution in [1.29, 1.82) is 0 Å². The first kappa shape index (κ1) is 14.4. The van der Waals surface area contributed by atoms with Crippen molar-refractivity contribution in [3.8, 4) is 0 Å². The molecule has 4 nitrogen and oxygen atoms in total. The fraction of sp³-hybridized carbons (Fsp3) is 0.429. The van der Waals surface area contributed by atoms with Gasteiger partial charge in [0.15, 0.2) is 5.78 Å². The molecule has 1 aromatic carbocycles. The number of Topliss-reactive ketones (excluding diaryl/α,β-unsaturated/α-hetero) is 1. The number of nitrogens with two attached hydrogens (primary N) is 1. The molecule has 0 spiro atoms. The Bertz CT molecular complexity index is 434. The Balaban J connectivity index is 2.79. The molecule has 0 aliphatic carbocycles. The zero-order valence-corrected chi connectivity index (χ0v) is 11.1. The van der Waals surface area contributed by atoms with E-state index in [-0.39, 0.29) is 11.7 Å². The molecule has 0 fully saturated rings. The summed E-state index contributed by atoms with van der Waals surface area (Å²) in [4.78, 5) is 23.1. The lowest BCUT2D eigenvalue weighted by atomic mass is 9.93. The molecule has 3 N–H and O–H groups in total. The first-order valence-corrected chi connectivity index (χ1v) is 6.14. The molecule has 1 amide bonds. The van der Waals surface area contributed by atoms with Gasteiger partial charge in [0.2, 0.25) is 5.91 Å². The Morgan fingerprint density at radius 2 is 1.67 bits per heavy atom. The molecule has 0 aliphatic heterocycles. The summed E-state index contributed by atoms with van der Waals surface area (Å²) < 4.78 is 0. The minimum absolute atomic E-state index is 0.00293. The van der Waals surface area contributed by atoms with Gasteiger partial charge in [0.05, 0.1) is 5.54 Å². The second-order valence-electron chi connectivity index (χ2n) is 4.45. The molecule has 18 heavy (non-hydrogen) atoms. The summed E-state index contributed by atoms with van der Waals surface area (Å²) in [5, 5.41) is 2.78. The van der Waals surface area contributed by atoms with Crippen molar-refractivity contribution < 1.29 is 9.59 Å². The number of amides is 1. The molecule has 0 bridgehead atoms. The first-order valence-electron chi connectivity index (χ1n) is 6.14. The van der Waals surface area contributed by atoms with Gasteiger partial charge in [-0.15, -0.1) is 0 Å². The van der Waals surface area contributed by atoms with Gasteiger partial charge in [-0.3, -0.25) is 9.59 Å². The molecule has 1 aromatic rings. The summed E-state index contributed by atoms with van der Waals surface area (Å²) in [6.07, 6.45) is 1.17. The monoisotopic (exact) mass is 248 g/mol. The topological polar surface area (TPSA) is 72.2 Å². The Morgan fingerprint density at radius 1 is 1.17 bits per heavy atom. The molecule has 0 saturated carbocycles. The van der Waals surface area contributed by atoms with E-state index in [2.05, 4.69) is 5.32 Å². The largest absolute Gasteiger partial charge is 0.324 e. The van der Waals surface area contributed by atoms with Crippen LogP contribution in [0.25, 0.3) is 0 Å². The maximum Gasteiger partial charge on any atom is 0.244 e. The van der Waals surface area contributed by atoms with Crippen LogP contribution in [0.1, 0.15) is 44.0 Å². The SMILES string of the molecule is CCC(N)(CC)C(=O)Nc1ccc(C(C)=O)cc1. The van der Waals surface area contributed by atoms with Crippen LogP contribution in [0.5, 0.6) is 0 Å². The van der Waals surface area contributed by atoms with Crippen molar-refractivity contribution >= 4 is 17.4 Å². The van der Waals surface area contributed by atoms with Crippen LogP contribution in [-0.2, 0) is 4.79 Å². The smallest absolute Gasteiger partial charge is 0.244 e. The summed E-state index contributed by atoms with van der Waals surface area (Å²) in [5.74, 6) is -0.189. The van der Waals surface area contributed by atoms with Crippen LogP contribution in [0, 0.1) is 0 Å². The van der Waals surface area contributed by atoms with Gasteiger partial charge in [0, 0.05) is 11.3 Å². The summed E-state index contributed by atoms with van der Waals surface area (Å²) in [5.41, 5.74) is 6.44. The van der Waals surface area contributed by atoms with Crippen LogP contribution in [-0.4, -0.2) is 17.2 Å². The third kappa shape index (κ3) is 3.17. The fourth-order valence-corrected chi connectivity index (χ4v) is 1.61. The number of nitrogens with one attached hydrogen (secondary N) is 1. The van der Waals surface area contributed by atoms with Gasteiger partial charge in [-0.05, 0) is 44.0 Å². The number of hydrogen-bond acceptors (Lipinski definition) is 3. The lowest BCUT2D eigenvalue weighted by molar-refractivity contribution is -0.121. The molecule has 4 heteroatoms. The van der Waals surface area contributed by atoms with E-state index in [4.69, 9.17) is 5.73 Å². The normalized spacial score (nSPS) is 11.1. The van der Waals surface area contributed by atoms with Gasteiger partial charge < -0.3 is 11.1 Å². The van der Waals surface area contributed by atoms with Crippen molar-refractivity contribution in [2.24, 2.45) is 5.73 Å². The first-order chi connectivity index (χ1) is 8.42. The van der Waals surface area contributed by atoms with E-state index in [1.807, 2.05) is 13.8 Å². The van der Waals surface area contributed by atoms with Crippen LogP contribution in [0.4, 0.5) is 5.69 Å². The van der Waals surface area contributed by atoms with E-state index < -0.39 is 5.54 Å². The van der Waals surface area contributed by atoms with Gasteiger partial charge in [0.1, 0.15) is 0 Å². The Kier molecular flexibility index (Phi) is 4.62. The summed E-state index contributed by atoms with van der Waals surface area (Å²) in [6, 6.07) is 6.79. The zero-order chi connectivity index (χ0) is 13.8. The van der Waals surface area contributed by atoms with E-state index in [1.165, 1.54) is 6.92 Å². The molecule has 1 rings (SSSR count). The van der Waals surface area contributed by atoms with E-state index in [0.29, 0.717) is 24.1 Å². The third-order valence-corrected chi connectivity index (χ3v) is 3.26. The maximum atomic E-state index is 12.0. The van der Waals surface area contributed by atoms with Crippen LogP contribution >= 0.6 is 0 Å². The van der Waals surface area contributed by atoms with Gasteiger partial charge in [-0.25, -0.2) is 0 Å². The van der Waals surface area contributed by atoms with E-state index in [9.17, 15) is 9.59 Å².